The van der Waals surface area contributed by atoms with Gasteiger partial charge in [0.25, 0.3) is 0 Å². The van der Waals surface area contributed by atoms with E-state index in [1.807, 2.05) is 6.07 Å². The Labute approximate surface area is 166 Å². The van der Waals surface area contributed by atoms with Crippen molar-refractivity contribution in [1.29, 1.82) is 0 Å². The molecule has 3 aromatic rings. The van der Waals surface area contributed by atoms with E-state index in [1.165, 1.54) is 22.9 Å². The minimum Gasteiger partial charge on any atom is -0.481 e. The number of aryl methyl sites for hydroxylation is 1. The molecule has 4 rings (SSSR count). The molecule has 2 amide bonds. The molecule has 10 heteroatoms. The van der Waals surface area contributed by atoms with Gasteiger partial charge in [0.2, 0.25) is 5.88 Å². The molecule has 1 unspecified atom stereocenters. The molecular weight excluding hydrogens is 377 g/mol. The molecule has 1 saturated carbocycles. The lowest BCUT2D eigenvalue weighted by Crippen LogP contribution is -2.33. The van der Waals surface area contributed by atoms with Crippen molar-refractivity contribution in [2.75, 3.05) is 12.4 Å². The van der Waals surface area contributed by atoms with Crippen LogP contribution in [-0.4, -0.2) is 38.3 Å². The first-order chi connectivity index (χ1) is 14.0. The van der Waals surface area contributed by atoms with Crippen LogP contribution in [0.25, 0.3) is 5.69 Å². The van der Waals surface area contributed by atoms with E-state index in [1.54, 1.807) is 26.3 Å². The van der Waals surface area contributed by atoms with Crippen LogP contribution in [0.2, 0.25) is 0 Å². The Morgan fingerprint density at radius 2 is 2.14 bits per heavy atom. The summed E-state index contributed by atoms with van der Waals surface area (Å²) in [5, 5.41) is 16.8. The van der Waals surface area contributed by atoms with E-state index in [2.05, 4.69) is 31.1 Å². The average molecular weight is 397 g/mol. The summed E-state index contributed by atoms with van der Waals surface area (Å²) in [4.78, 5) is 16.8. The molecule has 2 aromatic heterocycles. The Kier molecular flexibility index (Phi) is 5.07. The van der Waals surface area contributed by atoms with Gasteiger partial charge in [0.05, 0.1) is 13.2 Å². The normalized spacial score (nSPS) is 14.3. The molecule has 1 atom stereocenters. The van der Waals surface area contributed by atoms with Gasteiger partial charge in [-0.2, -0.15) is 4.68 Å². The maximum absolute atomic E-state index is 14.2. The monoisotopic (exact) mass is 397 g/mol. The molecule has 2 N–H and O–H groups in total. The number of carbonyl (C=O) groups excluding carboxylic acids is 1. The summed E-state index contributed by atoms with van der Waals surface area (Å²) in [6.07, 6.45) is 3.78. The number of nitrogens with zero attached hydrogens (tertiary/aromatic N) is 5. The van der Waals surface area contributed by atoms with E-state index >= 15 is 0 Å². The molecule has 1 aliphatic carbocycles. The van der Waals surface area contributed by atoms with Gasteiger partial charge < -0.3 is 15.4 Å². The fourth-order valence-electron chi connectivity index (χ4n) is 3.11. The summed E-state index contributed by atoms with van der Waals surface area (Å²) < 4.78 is 20.6. The minimum atomic E-state index is -0.494. The van der Waals surface area contributed by atoms with Crippen LogP contribution in [0, 0.1) is 18.7 Å². The Morgan fingerprint density at radius 3 is 2.76 bits per heavy atom. The predicted octanol–water partition coefficient (Wildman–Crippen LogP) is 2.79. The summed E-state index contributed by atoms with van der Waals surface area (Å²) in [7, 11) is 1.56. The van der Waals surface area contributed by atoms with Gasteiger partial charge in [0.15, 0.2) is 5.82 Å². The molecule has 1 aliphatic rings. The third-order valence-electron chi connectivity index (χ3n) is 4.77. The number of benzene rings is 1. The second-order valence-corrected chi connectivity index (χ2v) is 6.85. The number of methoxy groups -OCH3 is 1. The van der Waals surface area contributed by atoms with Crippen molar-refractivity contribution in [3.63, 3.8) is 0 Å². The number of pyridine rings is 1. The predicted molar refractivity (Wildman–Crippen MR) is 102 cm³/mol. The lowest BCUT2D eigenvalue weighted by Gasteiger charge is -2.19. The van der Waals surface area contributed by atoms with Gasteiger partial charge in [-0.3, -0.25) is 0 Å². The van der Waals surface area contributed by atoms with E-state index in [9.17, 15) is 9.18 Å². The SMILES string of the molecule is COc1ccc(C(NC(=O)Nc2ccc(F)c(-n3nnnc3C)c2)C2CC2)cn1. The molecule has 0 radical (unpaired) electrons. The van der Waals surface area contributed by atoms with Gasteiger partial charge in [0, 0.05) is 18.0 Å². The third-order valence-corrected chi connectivity index (χ3v) is 4.77. The van der Waals surface area contributed by atoms with Crippen LogP contribution in [0.15, 0.2) is 36.5 Å². The maximum Gasteiger partial charge on any atom is 0.319 e. The molecule has 0 bridgehead atoms. The maximum atomic E-state index is 14.2. The largest absolute Gasteiger partial charge is 0.481 e. The minimum absolute atomic E-state index is 0.156. The quantitative estimate of drug-likeness (QED) is 0.662. The first-order valence-electron chi connectivity index (χ1n) is 9.17. The number of hydrogen-bond donors (Lipinski definition) is 2. The number of ether oxygens (including phenoxy) is 1. The van der Waals surface area contributed by atoms with Crippen LogP contribution in [0.5, 0.6) is 5.88 Å². The van der Waals surface area contributed by atoms with Crippen molar-refractivity contribution in [2.24, 2.45) is 5.92 Å². The number of urea groups is 1. The van der Waals surface area contributed by atoms with Crippen molar-refractivity contribution >= 4 is 11.7 Å². The Bertz CT molecular complexity index is 1020. The topological polar surface area (TPSA) is 107 Å². The number of tetrazole rings is 1. The van der Waals surface area contributed by atoms with Gasteiger partial charge in [-0.05, 0) is 59.9 Å². The summed E-state index contributed by atoms with van der Waals surface area (Å²) in [6, 6.07) is 7.35. The number of amides is 2. The lowest BCUT2D eigenvalue weighted by atomic mass is 10.0. The van der Waals surface area contributed by atoms with Gasteiger partial charge >= 0.3 is 6.03 Å². The molecule has 0 saturated heterocycles. The van der Waals surface area contributed by atoms with Crippen LogP contribution in [0.1, 0.15) is 30.3 Å². The number of halogens is 1. The Hall–Kier alpha value is -3.56. The molecule has 1 fully saturated rings. The molecule has 150 valence electrons. The fourth-order valence-corrected chi connectivity index (χ4v) is 3.11. The summed E-state index contributed by atoms with van der Waals surface area (Å²) >= 11 is 0. The van der Waals surface area contributed by atoms with Crippen LogP contribution < -0.4 is 15.4 Å². The van der Waals surface area contributed by atoms with Crippen LogP contribution >= 0.6 is 0 Å². The van der Waals surface area contributed by atoms with Crippen molar-refractivity contribution in [1.82, 2.24) is 30.5 Å². The standard InChI is InChI=1S/C19H20FN7O2/c1-11-24-25-26-27(11)16-9-14(6-7-15(16)20)22-19(28)23-18(12-3-4-12)13-5-8-17(29-2)21-10-13/h5-10,12,18H,3-4H2,1-2H3,(H2,22,23,28). The van der Waals surface area contributed by atoms with E-state index < -0.39 is 5.82 Å². The molecule has 29 heavy (non-hydrogen) atoms. The zero-order valence-corrected chi connectivity index (χ0v) is 16.0. The molecule has 9 nitrogen and oxygen atoms in total. The van der Waals surface area contributed by atoms with Crippen LogP contribution in [-0.2, 0) is 0 Å². The molecular formula is C19H20FN7O2. The second kappa shape index (κ2) is 7.82. The second-order valence-electron chi connectivity index (χ2n) is 6.85. The lowest BCUT2D eigenvalue weighted by molar-refractivity contribution is 0.247. The summed E-state index contributed by atoms with van der Waals surface area (Å²) in [5.41, 5.74) is 1.49. The van der Waals surface area contributed by atoms with Gasteiger partial charge in [0.1, 0.15) is 11.5 Å². The third kappa shape index (κ3) is 4.15. The zero-order valence-electron chi connectivity index (χ0n) is 16.0. The highest BCUT2D eigenvalue weighted by molar-refractivity contribution is 5.89. The van der Waals surface area contributed by atoms with E-state index in [4.69, 9.17) is 4.74 Å². The van der Waals surface area contributed by atoms with Crippen LogP contribution in [0.3, 0.4) is 0 Å². The number of anilines is 1. The van der Waals surface area contributed by atoms with E-state index in [0.717, 1.165) is 18.4 Å². The molecule has 1 aromatic carbocycles. The van der Waals surface area contributed by atoms with E-state index in [-0.39, 0.29) is 17.8 Å². The number of rotatable bonds is 6. The number of carbonyl (C=O) groups is 1. The summed E-state index contributed by atoms with van der Waals surface area (Å²) in [5.74, 6) is 0.825. The van der Waals surface area contributed by atoms with Crippen molar-refractivity contribution in [3.05, 3.63) is 53.7 Å². The van der Waals surface area contributed by atoms with E-state index in [0.29, 0.717) is 23.3 Å². The number of hydrogen-bond acceptors (Lipinski definition) is 6. The first kappa shape index (κ1) is 18.8. The van der Waals surface area contributed by atoms with Crippen molar-refractivity contribution in [3.8, 4) is 11.6 Å². The molecule has 0 spiro atoms. The average Bonchev–Trinajstić information content (AvgIpc) is 3.48. The number of nitrogens with one attached hydrogen (secondary N) is 2. The zero-order chi connectivity index (χ0) is 20.4. The van der Waals surface area contributed by atoms with Crippen LogP contribution in [0.4, 0.5) is 14.9 Å². The molecule has 0 aliphatic heterocycles. The summed E-state index contributed by atoms with van der Waals surface area (Å²) in [6.45, 7) is 1.66. The number of aromatic nitrogens is 5. The Morgan fingerprint density at radius 1 is 1.31 bits per heavy atom. The van der Waals surface area contributed by atoms with Crippen molar-refractivity contribution < 1.29 is 13.9 Å². The smallest absolute Gasteiger partial charge is 0.319 e. The van der Waals surface area contributed by atoms with Gasteiger partial charge in [-0.25, -0.2) is 14.2 Å². The first-order valence-corrected chi connectivity index (χ1v) is 9.17. The fraction of sp³-hybridized carbons (Fsp3) is 0.316. The highest BCUT2D eigenvalue weighted by Gasteiger charge is 2.33. The Balaban J connectivity index is 1.49. The van der Waals surface area contributed by atoms with Gasteiger partial charge in [-0.15, -0.1) is 5.10 Å². The molecule has 2 heterocycles. The van der Waals surface area contributed by atoms with Gasteiger partial charge in [-0.1, -0.05) is 6.07 Å². The highest BCUT2D eigenvalue weighted by Crippen LogP contribution is 2.41. The highest BCUT2D eigenvalue weighted by atomic mass is 19.1. The van der Waals surface area contributed by atoms with Crippen molar-refractivity contribution in [2.45, 2.75) is 25.8 Å².